The molecular formula is C32H29NO2. The molecule has 3 nitrogen and oxygen atoms in total. The molecule has 3 aromatic carbocycles. The van der Waals surface area contributed by atoms with Gasteiger partial charge in [0.05, 0.1) is 0 Å². The van der Waals surface area contributed by atoms with Crippen LogP contribution in [0.1, 0.15) is 65.7 Å². The van der Waals surface area contributed by atoms with Gasteiger partial charge in [-0.1, -0.05) is 90.5 Å². The lowest BCUT2D eigenvalue weighted by Gasteiger charge is -2.40. The molecule has 3 aromatic rings. The number of carbonyl (C=O) groups is 2. The summed E-state index contributed by atoms with van der Waals surface area (Å²) in [5.41, 5.74) is 8.20. The van der Waals surface area contributed by atoms with Crippen LogP contribution in [0, 0.1) is 6.92 Å². The lowest BCUT2D eigenvalue weighted by atomic mass is 9.67. The molecule has 0 amide bonds. The second-order valence-corrected chi connectivity index (χ2v) is 10.1. The molecule has 6 rings (SSSR count). The van der Waals surface area contributed by atoms with Gasteiger partial charge >= 0.3 is 0 Å². The Morgan fingerprint density at radius 1 is 0.571 bits per heavy atom. The fourth-order valence-electron chi connectivity index (χ4n) is 6.11. The number of carbonyl (C=O) groups excluding carboxylic acids is 2. The predicted octanol–water partition coefficient (Wildman–Crippen LogP) is 6.48. The van der Waals surface area contributed by atoms with E-state index in [9.17, 15) is 9.59 Å². The van der Waals surface area contributed by atoms with E-state index in [-0.39, 0.29) is 29.3 Å². The molecule has 0 aromatic heterocycles. The van der Waals surface area contributed by atoms with Crippen LogP contribution in [0.3, 0.4) is 0 Å². The summed E-state index contributed by atoms with van der Waals surface area (Å²) in [7, 11) is 0. The molecule has 3 aliphatic rings. The van der Waals surface area contributed by atoms with Gasteiger partial charge in [-0.25, -0.2) is 0 Å². The standard InChI is InChI=1S/C32H29NO2/c1-20-12-14-23(15-13-20)30-31-26(16-24(18-28(31)34)21-8-4-2-5-9-21)33-27-17-25(19-29(35)32(27)30)22-10-6-3-7-11-22/h2-15,24-25,30,33H,16-19H2,1H3/t24-,25-/m1/s1. The number of dihydropyridines is 1. The second-order valence-electron chi connectivity index (χ2n) is 10.1. The monoisotopic (exact) mass is 459 g/mol. The van der Waals surface area contributed by atoms with Gasteiger partial charge in [0.15, 0.2) is 11.6 Å². The van der Waals surface area contributed by atoms with Crippen LogP contribution < -0.4 is 5.32 Å². The van der Waals surface area contributed by atoms with Gasteiger partial charge in [0.1, 0.15) is 0 Å². The van der Waals surface area contributed by atoms with Gasteiger partial charge in [-0.05, 0) is 48.3 Å². The number of nitrogens with one attached hydrogen (secondary N) is 1. The van der Waals surface area contributed by atoms with E-state index in [1.807, 2.05) is 36.4 Å². The molecule has 0 spiro atoms. The van der Waals surface area contributed by atoms with Crippen molar-refractivity contribution in [2.45, 2.75) is 50.4 Å². The summed E-state index contributed by atoms with van der Waals surface area (Å²) in [6.07, 6.45) is 2.54. The molecular weight excluding hydrogens is 430 g/mol. The zero-order chi connectivity index (χ0) is 23.9. The number of ketones is 2. The molecule has 0 bridgehead atoms. The van der Waals surface area contributed by atoms with Crippen molar-refractivity contribution in [2.24, 2.45) is 0 Å². The van der Waals surface area contributed by atoms with Gasteiger partial charge in [-0.2, -0.15) is 0 Å². The van der Waals surface area contributed by atoms with E-state index in [0.29, 0.717) is 12.8 Å². The van der Waals surface area contributed by atoms with Crippen LogP contribution in [-0.4, -0.2) is 11.6 Å². The fourth-order valence-corrected chi connectivity index (χ4v) is 6.11. The van der Waals surface area contributed by atoms with Gasteiger partial charge in [0.25, 0.3) is 0 Å². The van der Waals surface area contributed by atoms with Crippen LogP contribution >= 0.6 is 0 Å². The van der Waals surface area contributed by atoms with E-state index < -0.39 is 0 Å². The molecule has 0 saturated heterocycles. The Labute approximate surface area is 206 Å². The van der Waals surface area contributed by atoms with Crippen molar-refractivity contribution in [1.82, 2.24) is 5.32 Å². The Bertz CT molecular complexity index is 1270. The van der Waals surface area contributed by atoms with Crippen LogP contribution in [0.25, 0.3) is 0 Å². The highest BCUT2D eigenvalue weighted by Crippen LogP contribution is 2.49. The van der Waals surface area contributed by atoms with E-state index in [0.717, 1.165) is 40.9 Å². The maximum Gasteiger partial charge on any atom is 0.162 e. The Morgan fingerprint density at radius 2 is 1.03 bits per heavy atom. The highest BCUT2D eigenvalue weighted by atomic mass is 16.1. The topological polar surface area (TPSA) is 46.2 Å². The summed E-state index contributed by atoms with van der Waals surface area (Å²) in [6.45, 7) is 2.06. The van der Waals surface area contributed by atoms with Crippen molar-refractivity contribution in [1.29, 1.82) is 0 Å². The Kier molecular flexibility index (Phi) is 5.49. The number of benzene rings is 3. The van der Waals surface area contributed by atoms with Gasteiger partial charge in [-0.3, -0.25) is 9.59 Å². The first-order valence-corrected chi connectivity index (χ1v) is 12.5. The van der Waals surface area contributed by atoms with Gasteiger partial charge in [-0.15, -0.1) is 0 Å². The Morgan fingerprint density at radius 3 is 1.49 bits per heavy atom. The molecule has 0 unspecified atom stereocenters. The minimum absolute atomic E-state index is 0.153. The third-order valence-corrected chi connectivity index (χ3v) is 7.85. The van der Waals surface area contributed by atoms with Crippen molar-refractivity contribution >= 4 is 11.6 Å². The molecule has 35 heavy (non-hydrogen) atoms. The number of allylic oxidation sites excluding steroid dienone is 4. The average Bonchev–Trinajstić information content (AvgIpc) is 2.89. The van der Waals surface area contributed by atoms with E-state index in [2.05, 4.69) is 60.8 Å². The van der Waals surface area contributed by atoms with Crippen molar-refractivity contribution in [3.05, 3.63) is 130 Å². The lowest BCUT2D eigenvalue weighted by molar-refractivity contribution is -0.117. The highest BCUT2D eigenvalue weighted by Gasteiger charge is 2.43. The van der Waals surface area contributed by atoms with Crippen molar-refractivity contribution in [3.63, 3.8) is 0 Å². The minimum Gasteiger partial charge on any atom is -0.362 e. The quantitative estimate of drug-likeness (QED) is 0.487. The summed E-state index contributed by atoms with van der Waals surface area (Å²) in [5.74, 6) is 0.334. The molecule has 0 fully saturated rings. The molecule has 1 N–H and O–H groups in total. The maximum absolute atomic E-state index is 13.7. The number of Topliss-reactive ketones (excluding diaryl/α,β-unsaturated/α-hetero) is 2. The number of hydrogen-bond acceptors (Lipinski definition) is 3. The largest absolute Gasteiger partial charge is 0.362 e. The van der Waals surface area contributed by atoms with Gasteiger partial charge in [0, 0.05) is 41.3 Å². The number of rotatable bonds is 3. The summed E-state index contributed by atoms with van der Waals surface area (Å²) >= 11 is 0. The molecule has 3 heteroatoms. The summed E-state index contributed by atoms with van der Waals surface area (Å²) in [4.78, 5) is 27.4. The maximum atomic E-state index is 13.7. The fraction of sp³-hybridized carbons (Fsp3) is 0.250. The SMILES string of the molecule is Cc1ccc(C2C3=C(C[C@@H](c4ccccc4)CC3=O)NC3=C2C(=O)C[C@H](c2ccccc2)C3)cc1. The van der Waals surface area contributed by atoms with Gasteiger partial charge in [0.2, 0.25) is 0 Å². The summed E-state index contributed by atoms with van der Waals surface area (Å²) in [5, 5.41) is 3.65. The smallest absolute Gasteiger partial charge is 0.162 e. The summed E-state index contributed by atoms with van der Waals surface area (Å²) in [6, 6.07) is 29.0. The van der Waals surface area contributed by atoms with Crippen LogP contribution in [-0.2, 0) is 9.59 Å². The first kappa shape index (κ1) is 21.8. The molecule has 2 atom stereocenters. The highest BCUT2D eigenvalue weighted by molar-refractivity contribution is 6.07. The first-order chi connectivity index (χ1) is 17.1. The van der Waals surface area contributed by atoms with E-state index in [4.69, 9.17) is 0 Å². The normalized spacial score (nSPS) is 22.5. The van der Waals surface area contributed by atoms with Gasteiger partial charge < -0.3 is 5.32 Å². The molecule has 2 aliphatic carbocycles. The Balaban J connectivity index is 1.44. The van der Waals surface area contributed by atoms with Crippen LogP contribution in [0.2, 0.25) is 0 Å². The van der Waals surface area contributed by atoms with Crippen molar-refractivity contribution in [3.8, 4) is 0 Å². The molecule has 0 saturated carbocycles. The van der Waals surface area contributed by atoms with Crippen LogP contribution in [0.4, 0.5) is 0 Å². The van der Waals surface area contributed by atoms with E-state index in [1.165, 1.54) is 16.7 Å². The zero-order valence-electron chi connectivity index (χ0n) is 20.0. The summed E-state index contributed by atoms with van der Waals surface area (Å²) < 4.78 is 0. The lowest BCUT2D eigenvalue weighted by Crippen LogP contribution is -2.38. The minimum atomic E-state index is -0.282. The number of aryl methyl sites for hydroxylation is 1. The van der Waals surface area contributed by atoms with E-state index >= 15 is 0 Å². The van der Waals surface area contributed by atoms with Crippen LogP contribution in [0.15, 0.2) is 107 Å². The third-order valence-electron chi connectivity index (χ3n) is 7.85. The molecule has 1 heterocycles. The number of hydrogen-bond donors (Lipinski definition) is 1. The van der Waals surface area contributed by atoms with E-state index in [1.54, 1.807) is 0 Å². The van der Waals surface area contributed by atoms with Crippen molar-refractivity contribution in [2.75, 3.05) is 0 Å². The molecule has 0 radical (unpaired) electrons. The third kappa shape index (κ3) is 3.95. The molecule has 1 aliphatic heterocycles. The Hall–Kier alpha value is -3.72. The predicted molar refractivity (Wildman–Crippen MR) is 138 cm³/mol. The molecule has 174 valence electrons. The zero-order valence-corrected chi connectivity index (χ0v) is 20.0. The van der Waals surface area contributed by atoms with Crippen molar-refractivity contribution < 1.29 is 9.59 Å². The first-order valence-electron chi connectivity index (χ1n) is 12.5. The van der Waals surface area contributed by atoms with Crippen LogP contribution in [0.5, 0.6) is 0 Å². The second kappa shape index (κ2) is 8.81. The average molecular weight is 460 g/mol.